The molecule has 0 amide bonds. The molecular formula is C11H19NSn. The molecule has 13 heavy (non-hydrogen) atoms. The number of hydrogen-bond donors (Lipinski definition) is 0. The van der Waals surface area contributed by atoms with Crippen LogP contribution in [0.3, 0.4) is 0 Å². The zero-order valence-electron chi connectivity index (χ0n) is 8.88. The van der Waals surface area contributed by atoms with E-state index in [1.807, 2.05) is 0 Å². The van der Waals surface area contributed by atoms with Gasteiger partial charge in [-0.3, -0.25) is 0 Å². The van der Waals surface area contributed by atoms with Gasteiger partial charge >= 0.3 is 85.1 Å². The SMILES string of the molecule is [CH3][Sn]([CH3])([CH3])[c]1cccn1CC1CC1. The molecular weight excluding hydrogens is 265 g/mol. The molecule has 0 aliphatic heterocycles. The van der Waals surface area contributed by atoms with E-state index in [2.05, 4.69) is 37.7 Å². The molecule has 0 bridgehead atoms. The van der Waals surface area contributed by atoms with Gasteiger partial charge in [0.15, 0.2) is 0 Å². The molecule has 0 spiro atoms. The molecule has 1 heterocycles. The van der Waals surface area contributed by atoms with Crippen LogP contribution >= 0.6 is 0 Å². The Morgan fingerprint density at radius 3 is 2.62 bits per heavy atom. The Morgan fingerprint density at radius 1 is 1.38 bits per heavy atom. The number of hydrogen-bond acceptors (Lipinski definition) is 0. The van der Waals surface area contributed by atoms with Crippen molar-refractivity contribution in [3.05, 3.63) is 18.3 Å². The van der Waals surface area contributed by atoms with E-state index in [1.165, 1.54) is 19.4 Å². The molecule has 1 saturated carbocycles. The fourth-order valence-electron chi connectivity index (χ4n) is 1.83. The van der Waals surface area contributed by atoms with E-state index >= 15 is 0 Å². The minimum atomic E-state index is -1.81. The number of aromatic nitrogens is 1. The molecule has 0 N–H and O–H groups in total. The maximum atomic E-state index is 2.52. The molecule has 0 unspecified atom stereocenters. The predicted molar refractivity (Wildman–Crippen MR) is 60.1 cm³/mol. The summed E-state index contributed by atoms with van der Waals surface area (Å²) >= 11 is -1.81. The molecule has 1 fully saturated rings. The van der Waals surface area contributed by atoms with Crippen LogP contribution in [0.5, 0.6) is 0 Å². The molecule has 72 valence electrons. The van der Waals surface area contributed by atoms with Crippen molar-refractivity contribution >= 4 is 22.1 Å². The van der Waals surface area contributed by atoms with Gasteiger partial charge in [-0.2, -0.15) is 0 Å². The molecule has 1 aliphatic rings. The Bertz CT molecular complexity index is 291. The molecule has 0 saturated heterocycles. The summed E-state index contributed by atoms with van der Waals surface area (Å²) in [4.78, 5) is 7.48. The summed E-state index contributed by atoms with van der Waals surface area (Å²) < 4.78 is 4.20. The Labute approximate surface area is 85.0 Å². The van der Waals surface area contributed by atoms with Crippen molar-refractivity contribution in [2.75, 3.05) is 0 Å². The van der Waals surface area contributed by atoms with Crippen molar-refractivity contribution in [3.63, 3.8) is 0 Å². The van der Waals surface area contributed by atoms with Crippen molar-refractivity contribution in [2.45, 2.75) is 34.2 Å². The normalized spacial score (nSPS) is 17.8. The van der Waals surface area contributed by atoms with Crippen LogP contribution in [0.1, 0.15) is 12.8 Å². The summed E-state index contributed by atoms with van der Waals surface area (Å²) in [7, 11) is 0. The van der Waals surface area contributed by atoms with E-state index in [-0.39, 0.29) is 0 Å². The van der Waals surface area contributed by atoms with Crippen LogP contribution in [0.15, 0.2) is 18.3 Å². The minimum absolute atomic E-state index is 1.000. The number of nitrogens with zero attached hydrogens (tertiary/aromatic N) is 1. The van der Waals surface area contributed by atoms with Gasteiger partial charge in [0.05, 0.1) is 0 Å². The molecule has 2 rings (SSSR count). The van der Waals surface area contributed by atoms with Crippen LogP contribution in [0.4, 0.5) is 0 Å². The van der Waals surface area contributed by atoms with Gasteiger partial charge in [-0.25, -0.2) is 0 Å². The molecule has 0 atom stereocenters. The van der Waals surface area contributed by atoms with Crippen LogP contribution < -0.4 is 3.71 Å². The first-order valence-electron chi connectivity index (χ1n) is 5.23. The summed E-state index contributed by atoms with van der Waals surface area (Å²) in [5.74, 6) is 1.000. The average molecular weight is 284 g/mol. The standard InChI is InChI=1S/C8H10N.3CH3.Sn/c1-2-6-9(5-1)7-8-3-4-8;;;;/h1-2,5,8H,3-4,7H2;3*1H3;. The van der Waals surface area contributed by atoms with Crippen molar-refractivity contribution in [3.8, 4) is 0 Å². The van der Waals surface area contributed by atoms with Crippen molar-refractivity contribution in [1.29, 1.82) is 0 Å². The van der Waals surface area contributed by atoms with Crippen molar-refractivity contribution in [1.82, 2.24) is 4.57 Å². The van der Waals surface area contributed by atoms with Crippen molar-refractivity contribution < 1.29 is 0 Å². The summed E-state index contributed by atoms with van der Waals surface area (Å²) in [6, 6.07) is 4.57. The van der Waals surface area contributed by atoms with Gasteiger partial charge in [0, 0.05) is 0 Å². The predicted octanol–water partition coefficient (Wildman–Crippen LogP) is 2.44. The Kier molecular flexibility index (Phi) is 2.47. The van der Waals surface area contributed by atoms with Gasteiger partial charge in [0.1, 0.15) is 0 Å². The first kappa shape index (κ1) is 9.63. The maximum absolute atomic E-state index is 2.52. The number of rotatable bonds is 3. The first-order valence-corrected chi connectivity index (χ1v) is 15.2. The van der Waals surface area contributed by atoms with Gasteiger partial charge in [0.25, 0.3) is 0 Å². The topological polar surface area (TPSA) is 4.93 Å². The fourth-order valence-corrected chi connectivity index (χ4v) is 6.47. The Morgan fingerprint density at radius 2 is 2.08 bits per heavy atom. The van der Waals surface area contributed by atoms with E-state index in [1.54, 1.807) is 3.71 Å². The third-order valence-electron chi connectivity index (χ3n) is 2.75. The van der Waals surface area contributed by atoms with E-state index in [0.29, 0.717) is 0 Å². The molecule has 2 heteroatoms. The summed E-state index contributed by atoms with van der Waals surface area (Å²) in [6.45, 7) is 1.29. The molecule has 1 aromatic rings. The quantitative estimate of drug-likeness (QED) is 0.751. The van der Waals surface area contributed by atoms with E-state index in [4.69, 9.17) is 0 Å². The van der Waals surface area contributed by atoms with Crippen LogP contribution in [-0.2, 0) is 6.54 Å². The summed E-state index contributed by atoms with van der Waals surface area (Å²) in [5, 5.41) is 0. The van der Waals surface area contributed by atoms with Gasteiger partial charge in [-0.1, -0.05) is 0 Å². The third kappa shape index (κ3) is 2.30. The van der Waals surface area contributed by atoms with E-state index < -0.39 is 18.4 Å². The zero-order chi connectivity index (χ0) is 9.47. The van der Waals surface area contributed by atoms with Gasteiger partial charge in [-0.15, -0.1) is 0 Å². The van der Waals surface area contributed by atoms with Crippen LogP contribution in [0.2, 0.25) is 14.8 Å². The van der Waals surface area contributed by atoms with E-state index in [9.17, 15) is 0 Å². The second kappa shape index (κ2) is 3.34. The van der Waals surface area contributed by atoms with Crippen LogP contribution in [0.25, 0.3) is 0 Å². The molecule has 1 aromatic heterocycles. The summed E-state index contributed by atoms with van der Waals surface area (Å²) in [5.41, 5.74) is 0. The van der Waals surface area contributed by atoms with Gasteiger partial charge in [0.2, 0.25) is 0 Å². The van der Waals surface area contributed by atoms with Gasteiger partial charge in [-0.05, 0) is 0 Å². The Hall–Kier alpha value is 0.0787. The molecule has 1 aliphatic carbocycles. The molecule has 1 nitrogen and oxygen atoms in total. The van der Waals surface area contributed by atoms with Crippen molar-refractivity contribution in [2.24, 2.45) is 5.92 Å². The second-order valence-corrected chi connectivity index (χ2v) is 19.5. The molecule has 0 aromatic carbocycles. The first-order chi connectivity index (χ1) is 6.07. The van der Waals surface area contributed by atoms with E-state index in [0.717, 1.165) is 5.92 Å². The van der Waals surface area contributed by atoms with Gasteiger partial charge < -0.3 is 0 Å². The molecule has 0 radical (unpaired) electrons. The average Bonchev–Trinajstić information content (AvgIpc) is 2.63. The fraction of sp³-hybridized carbons (Fsp3) is 0.636. The second-order valence-electron chi connectivity index (χ2n) is 5.24. The Balaban J connectivity index is 2.19. The third-order valence-corrected chi connectivity index (χ3v) is 8.43. The summed E-state index contributed by atoms with van der Waals surface area (Å²) in [6.07, 6.45) is 5.18. The zero-order valence-corrected chi connectivity index (χ0v) is 11.7. The monoisotopic (exact) mass is 285 g/mol. The van der Waals surface area contributed by atoms with Crippen LogP contribution in [0, 0.1) is 5.92 Å². The van der Waals surface area contributed by atoms with Crippen LogP contribution in [-0.4, -0.2) is 22.9 Å².